The predicted octanol–water partition coefficient (Wildman–Crippen LogP) is 4.64. The Morgan fingerprint density at radius 3 is 1.90 bits per heavy atom. The number of likely N-dealkylation sites (N-methyl/N-ethyl adjacent to an activating group) is 2. The summed E-state index contributed by atoms with van der Waals surface area (Å²) >= 11 is 0. The van der Waals surface area contributed by atoms with E-state index in [1.807, 2.05) is 81.4 Å². The van der Waals surface area contributed by atoms with Crippen molar-refractivity contribution in [1.29, 1.82) is 0 Å². The van der Waals surface area contributed by atoms with E-state index in [-0.39, 0.29) is 30.4 Å². The molecule has 0 aliphatic heterocycles. The molecular weight excluding hydrogens is 534 g/mol. The summed E-state index contributed by atoms with van der Waals surface area (Å²) in [5, 5.41) is 6.14. The van der Waals surface area contributed by atoms with E-state index in [9.17, 15) is 19.2 Å². The lowest BCUT2D eigenvalue weighted by atomic mass is 9.76. The fourth-order valence-corrected chi connectivity index (χ4v) is 4.75. The molecule has 2 amide bonds. The molecule has 1 rings (SSSR count). The van der Waals surface area contributed by atoms with Gasteiger partial charge in [-0.1, -0.05) is 66.7 Å². The normalized spacial score (nSPS) is 14.7. The molecule has 0 radical (unpaired) electrons. The van der Waals surface area contributed by atoms with Gasteiger partial charge in [-0.3, -0.25) is 9.59 Å². The highest BCUT2D eigenvalue weighted by atomic mass is 16.6. The Labute approximate surface area is 252 Å². The molecule has 236 valence electrons. The zero-order chi connectivity index (χ0) is 32.6. The second kappa shape index (κ2) is 14.8. The Morgan fingerprint density at radius 1 is 0.929 bits per heavy atom. The SMILES string of the molecule is CCOC(=O)/C=C/[C@H](C(C)C)N(C)C(=O)[C@@H](NC(=O)[C@@H](NC)C(C)(C)c1ccc(C(=O)OC(C)(C)C)cc1)C(C)(C)C. The molecule has 42 heavy (non-hydrogen) atoms. The first-order valence-electron chi connectivity index (χ1n) is 14.6. The molecule has 0 spiro atoms. The number of benzene rings is 1. The molecule has 1 aromatic carbocycles. The van der Waals surface area contributed by atoms with Crippen LogP contribution in [-0.2, 0) is 29.3 Å². The number of ether oxygens (including phenoxy) is 2. The van der Waals surface area contributed by atoms with Crippen molar-refractivity contribution in [3.63, 3.8) is 0 Å². The van der Waals surface area contributed by atoms with Gasteiger partial charge in [-0.05, 0) is 63.8 Å². The van der Waals surface area contributed by atoms with Crippen molar-refractivity contribution >= 4 is 23.8 Å². The first-order valence-corrected chi connectivity index (χ1v) is 14.6. The molecule has 0 fully saturated rings. The number of nitrogens with zero attached hydrogens (tertiary/aromatic N) is 1. The van der Waals surface area contributed by atoms with Crippen molar-refractivity contribution in [2.45, 2.75) is 105 Å². The Morgan fingerprint density at radius 2 is 1.48 bits per heavy atom. The lowest BCUT2D eigenvalue weighted by Gasteiger charge is -2.39. The molecule has 0 heterocycles. The minimum atomic E-state index is -0.839. The van der Waals surface area contributed by atoms with E-state index in [1.165, 1.54) is 6.08 Å². The number of hydrogen-bond acceptors (Lipinski definition) is 7. The number of rotatable bonds is 12. The Kier molecular flexibility index (Phi) is 13.0. The summed E-state index contributed by atoms with van der Waals surface area (Å²) in [7, 11) is 3.38. The summed E-state index contributed by atoms with van der Waals surface area (Å²) in [5.41, 5.74) is -0.653. The molecule has 9 heteroatoms. The third-order valence-electron chi connectivity index (χ3n) is 7.13. The van der Waals surface area contributed by atoms with Crippen LogP contribution in [0.1, 0.15) is 92.1 Å². The highest BCUT2D eigenvalue weighted by Crippen LogP contribution is 2.30. The van der Waals surface area contributed by atoms with Crippen LogP contribution in [0.15, 0.2) is 36.4 Å². The van der Waals surface area contributed by atoms with Gasteiger partial charge in [0.25, 0.3) is 0 Å². The average Bonchev–Trinajstić information content (AvgIpc) is 2.85. The smallest absolute Gasteiger partial charge is 0.338 e. The Bertz CT molecular complexity index is 1110. The molecular formula is C33H53N3O6. The van der Waals surface area contributed by atoms with Crippen molar-refractivity contribution in [2.24, 2.45) is 11.3 Å². The lowest BCUT2D eigenvalue weighted by molar-refractivity contribution is -0.141. The Hall–Kier alpha value is -3.20. The average molecular weight is 588 g/mol. The summed E-state index contributed by atoms with van der Waals surface area (Å²) in [6.45, 7) is 20.9. The first kappa shape index (κ1) is 36.8. The number of amides is 2. The van der Waals surface area contributed by atoms with Crippen molar-refractivity contribution in [3.05, 3.63) is 47.5 Å². The van der Waals surface area contributed by atoms with E-state index < -0.39 is 40.5 Å². The van der Waals surface area contributed by atoms with E-state index in [1.54, 1.807) is 44.1 Å². The molecule has 3 atom stereocenters. The van der Waals surface area contributed by atoms with E-state index in [2.05, 4.69) is 10.6 Å². The van der Waals surface area contributed by atoms with Crippen molar-refractivity contribution in [1.82, 2.24) is 15.5 Å². The van der Waals surface area contributed by atoms with Gasteiger partial charge in [0.1, 0.15) is 11.6 Å². The lowest BCUT2D eigenvalue weighted by Crippen LogP contribution is -2.61. The maximum Gasteiger partial charge on any atom is 0.338 e. The fourth-order valence-electron chi connectivity index (χ4n) is 4.75. The summed E-state index contributed by atoms with van der Waals surface area (Å²) in [5.74, 6) is -1.47. The first-order chi connectivity index (χ1) is 19.2. The van der Waals surface area contributed by atoms with Crippen LogP contribution in [-0.4, -0.2) is 73.1 Å². The van der Waals surface area contributed by atoms with E-state index in [4.69, 9.17) is 9.47 Å². The molecule has 0 aromatic heterocycles. The van der Waals surface area contributed by atoms with Gasteiger partial charge in [0.2, 0.25) is 11.8 Å². The third kappa shape index (κ3) is 10.3. The zero-order valence-electron chi connectivity index (χ0n) is 27.9. The van der Waals surface area contributed by atoms with Crippen LogP contribution in [0, 0.1) is 11.3 Å². The van der Waals surface area contributed by atoms with Crippen molar-refractivity contribution < 1.29 is 28.7 Å². The quantitative estimate of drug-likeness (QED) is 0.271. The van der Waals surface area contributed by atoms with Crippen LogP contribution in [0.5, 0.6) is 0 Å². The topological polar surface area (TPSA) is 114 Å². The van der Waals surface area contributed by atoms with Crippen LogP contribution in [0.3, 0.4) is 0 Å². The summed E-state index contributed by atoms with van der Waals surface area (Å²) < 4.78 is 10.5. The third-order valence-corrected chi connectivity index (χ3v) is 7.13. The van der Waals surface area contributed by atoms with Crippen LogP contribution >= 0.6 is 0 Å². The molecule has 0 saturated heterocycles. The molecule has 1 aromatic rings. The van der Waals surface area contributed by atoms with Crippen molar-refractivity contribution in [2.75, 3.05) is 20.7 Å². The van der Waals surface area contributed by atoms with Crippen LogP contribution in [0.4, 0.5) is 0 Å². The molecule has 0 aliphatic rings. The predicted molar refractivity (Wildman–Crippen MR) is 166 cm³/mol. The van der Waals surface area contributed by atoms with Gasteiger partial charge < -0.3 is 25.0 Å². The fraction of sp³-hybridized carbons (Fsp3) is 0.636. The highest BCUT2D eigenvalue weighted by Gasteiger charge is 2.41. The second-order valence-corrected chi connectivity index (χ2v) is 13.6. The molecule has 2 N–H and O–H groups in total. The van der Waals surface area contributed by atoms with Gasteiger partial charge in [-0.25, -0.2) is 9.59 Å². The van der Waals surface area contributed by atoms with E-state index in [0.29, 0.717) is 5.56 Å². The van der Waals surface area contributed by atoms with Crippen LogP contribution in [0.25, 0.3) is 0 Å². The summed E-state index contributed by atoms with van der Waals surface area (Å²) in [4.78, 5) is 53.7. The van der Waals surface area contributed by atoms with Gasteiger partial charge >= 0.3 is 11.9 Å². The minimum absolute atomic E-state index is 0.00795. The number of nitrogens with one attached hydrogen (secondary N) is 2. The monoisotopic (exact) mass is 587 g/mol. The summed E-state index contributed by atoms with van der Waals surface area (Å²) in [6.07, 6.45) is 3.01. The molecule has 9 nitrogen and oxygen atoms in total. The van der Waals surface area contributed by atoms with Crippen LogP contribution in [0.2, 0.25) is 0 Å². The van der Waals surface area contributed by atoms with Gasteiger partial charge in [-0.15, -0.1) is 0 Å². The number of hydrogen-bond donors (Lipinski definition) is 2. The van der Waals surface area contributed by atoms with Gasteiger partial charge in [0, 0.05) is 18.5 Å². The number of carbonyl (C=O) groups excluding carboxylic acids is 4. The maximum absolute atomic E-state index is 13.9. The summed E-state index contributed by atoms with van der Waals surface area (Å²) in [6, 6.07) is 5.11. The van der Waals surface area contributed by atoms with Gasteiger partial charge in [0.15, 0.2) is 0 Å². The van der Waals surface area contributed by atoms with Gasteiger partial charge in [0.05, 0.1) is 24.3 Å². The second-order valence-electron chi connectivity index (χ2n) is 13.6. The van der Waals surface area contributed by atoms with Crippen molar-refractivity contribution in [3.8, 4) is 0 Å². The van der Waals surface area contributed by atoms with Crippen LogP contribution < -0.4 is 10.6 Å². The largest absolute Gasteiger partial charge is 0.463 e. The number of esters is 2. The minimum Gasteiger partial charge on any atom is -0.463 e. The number of carbonyl (C=O) groups is 4. The van der Waals surface area contributed by atoms with E-state index in [0.717, 1.165) is 5.56 Å². The van der Waals surface area contributed by atoms with E-state index >= 15 is 0 Å². The molecule has 0 unspecified atom stereocenters. The van der Waals surface area contributed by atoms with Gasteiger partial charge in [-0.2, -0.15) is 0 Å². The Balaban J connectivity index is 3.26. The molecule has 0 saturated carbocycles. The zero-order valence-corrected chi connectivity index (χ0v) is 27.9. The standard InChI is InChI=1S/C33H53N3O6/c1-14-41-25(37)20-19-24(21(2)3)36(13)29(39)27(31(4,5)6)35-28(38)26(34-12)33(10,11)23-17-15-22(16-18-23)30(40)42-32(7,8)9/h15-21,24,26-27,34H,14H2,1-13H3,(H,35,38)/b20-19+/t24-,26-,27-/m1/s1. The molecule has 0 bridgehead atoms. The maximum atomic E-state index is 13.9. The molecule has 0 aliphatic carbocycles. The highest BCUT2D eigenvalue weighted by molar-refractivity contribution is 5.92.